The highest BCUT2D eigenvalue weighted by atomic mass is 19.1. The summed E-state index contributed by atoms with van der Waals surface area (Å²) in [5.41, 5.74) is 1.06. The van der Waals surface area contributed by atoms with Gasteiger partial charge in [0.25, 0.3) is 0 Å². The van der Waals surface area contributed by atoms with Gasteiger partial charge in [-0.1, -0.05) is 6.42 Å². The largest absolute Gasteiger partial charge is 0.369 e. The zero-order valence-electron chi connectivity index (χ0n) is 15.7. The monoisotopic (exact) mass is 359 g/mol. The van der Waals surface area contributed by atoms with Crippen molar-refractivity contribution in [3.63, 3.8) is 0 Å². The molecule has 2 saturated carbocycles. The maximum absolute atomic E-state index is 13.1. The van der Waals surface area contributed by atoms with Crippen molar-refractivity contribution in [2.75, 3.05) is 37.6 Å². The summed E-state index contributed by atoms with van der Waals surface area (Å²) in [7, 11) is 0. The molecule has 142 valence electrons. The van der Waals surface area contributed by atoms with E-state index >= 15 is 0 Å². The first-order valence-corrected chi connectivity index (χ1v) is 10.1. The van der Waals surface area contributed by atoms with Crippen molar-refractivity contribution in [2.45, 2.75) is 38.6 Å². The number of nitrogens with zero attached hydrogens (tertiary/aromatic N) is 2. The van der Waals surface area contributed by atoms with Crippen LogP contribution in [0.1, 0.15) is 32.6 Å². The lowest BCUT2D eigenvalue weighted by Gasteiger charge is -2.36. The number of rotatable bonds is 5. The summed E-state index contributed by atoms with van der Waals surface area (Å²) in [5, 5.41) is 3.27. The van der Waals surface area contributed by atoms with Crippen LogP contribution in [-0.4, -0.2) is 49.6 Å². The summed E-state index contributed by atoms with van der Waals surface area (Å²) in [6.07, 6.45) is 5.46. The van der Waals surface area contributed by atoms with Crippen LogP contribution >= 0.6 is 0 Å². The van der Waals surface area contributed by atoms with Crippen molar-refractivity contribution in [3.8, 4) is 0 Å². The van der Waals surface area contributed by atoms with Crippen molar-refractivity contribution >= 4 is 11.6 Å². The molecular formula is C21H30FN3O. The molecule has 1 aliphatic heterocycles. The highest BCUT2D eigenvalue weighted by Crippen LogP contribution is 2.49. The first-order valence-electron chi connectivity index (χ1n) is 10.1. The van der Waals surface area contributed by atoms with E-state index in [9.17, 15) is 9.18 Å². The van der Waals surface area contributed by atoms with Crippen LogP contribution in [0.15, 0.2) is 24.3 Å². The highest BCUT2D eigenvalue weighted by Gasteiger charge is 2.42. The van der Waals surface area contributed by atoms with Crippen LogP contribution < -0.4 is 10.2 Å². The van der Waals surface area contributed by atoms with Gasteiger partial charge in [-0.15, -0.1) is 0 Å². The normalized spacial score (nSPS) is 29.8. The number of halogens is 1. The minimum Gasteiger partial charge on any atom is -0.369 e. The summed E-state index contributed by atoms with van der Waals surface area (Å²) >= 11 is 0. The lowest BCUT2D eigenvalue weighted by molar-refractivity contribution is -0.123. The Balaban J connectivity index is 1.21. The van der Waals surface area contributed by atoms with E-state index in [4.69, 9.17) is 0 Å². The number of amides is 1. The van der Waals surface area contributed by atoms with E-state index in [1.54, 1.807) is 0 Å². The molecule has 0 aromatic heterocycles. The molecule has 1 aromatic rings. The summed E-state index contributed by atoms with van der Waals surface area (Å²) in [6.45, 7) is 6.17. The quantitative estimate of drug-likeness (QED) is 0.878. The number of carbonyl (C=O) groups excluding carboxylic acids is 1. The second-order valence-electron chi connectivity index (χ2n) is 8.43. The van der Waals surface area contributed by atoms with E-state index in [1.807, 2.05) is 12.1 Å². The number of carbonyl (C=O) groups is 1. The zero-order chi connectivity index (χ0) is 18.1. The number of anilines is 1. The Morgan fingerprint density at radius 1 is 1.15 bits per heavy atom. The second-order valence-corrected chi connectivity index (χ2v) is 8.43. The Hall–Kier alpha value is -1.62. The molecule has 26 heavy (non-hydrogen) atoms. The predicted octanol–water partition coefficient (Wildman–Crippen LogP) is 2.89. The third-order valence-corrected chi connectivity index (χ3v) is 6.75. The second kappa shape index (κ2) is 7.55. The Bertz CT molecular complexity index is 627. The van der Waals surface area contributed by atoms with Gasteiger partial charge in [0.15, 0.2) is 0 Å². The fourth-order valence-corrected chi connectivity index (χ4v) is 5.33. The molecule has 2 bridgehead atoms. The van der Waals surface area contributed by atoms with Gasteiger partial charge in [-0.25, -0.2) is 4.39 Å². The number of fused-ring (bicyclic) bond motifs is 2. The fourth-order valence-electron chi connectivity index (χ4n) is 5.33. The van der Waals surface area contributed by atoms with Gasteiger partial charge in [-0.05, 0) is 68.2 Å². The van der Waals surface area contributed by atoms with E-state index in [-0.39, 0.29) is 11.7 Å². The number of hydrogen-bond acceptors (Lipinski definition) is 3. The molecule has 0 radical (unpaired) electrons. The molecule has 5 heteroatoms. The average molecular weight is 359 g/mol. The van der Waals surface area contributed by atoms with E-state index < -0.39 is 0 Å². The van der Waals surface area contributed by atoms with E-state index in [0.29, 0.717) is 18.5 Å². The number of hydrogen-bond donors (Lipinski definition) is 1. The highest BCUT2D eigenvalue weighted by molar-refractivity contribution is 5.78. The summed E-state index contributed by atoms with van der Waals surface area (Å²) in [6, 6.07) is 6.97. The van der Waals surface area contributed by atoms with E-state index in [2.05, 4.69) is 22.0 Å². The molecule has 1 N–H and O–H groups in total. The summed E-state index contributed by atoms with van der Waals surface area (Å²) in [5.74, 6) is 2.41. The maximum atomic E-state index is 13.1. The molecule has 1 saturated heterocycles. The van der Waals surface area contributed by atoms with E-state index in [0.717, 1.165) is 43.7 Å². The van der Waals surface area contributed by atoms with Crippen LogP contribution in [0, 0.1) is 23.6 Å². The zero-order valence-corrected chi connectivity index (χ0v) is 15.7. The standard InChI is InChI=1S/C21H30FN3O/c1-15(20-13-16-2-3-17(20)12-16)23-21(26)14-24-8-10-25(11-9-24)19-6-4-18(22)5-7-19/h4-7,15-17,20H,2-3,8-14H2,1H3,(H,23,26)/t15-,16-,17-,20+/m0/s1. The summed E-state index contributed by atoms with van der Waals surface area (Å²) < 4.78 is 13.1. The van der Waals surface area contributed by atoms with Gasteiger partial charge >= 0.3 is 0 Å². The van der Waals surface area contributed by atoms with Gasteiger partial charge in [0.05, 0.1) is 6.54 Å². The van der Waals surface area contributed by atoms with Crippen LogP contribution in [0.3, 0.4) is 0 Å². The number of piperazine rings is 1. The molecule has 2 aliphatic carbocycles. The molecule has 1 heterocycles. The average Bonchev–Trinajstić information content (AvgIpc) is 3.26. The molecule has 0 unspecified atom stereocenters. The SMILES string of the molecule is C[C@H](NC(=O)CN1CCN(c2ccc(F)cc2)CC1)[C@H]1C[C@H]2CC[C@H]1C2. The lowest BCUT2D eigenvalue weighted by atomic mass is 9.84. The van der Waals surface area contributed by atoms with Crippen LogP contribution in [0.2, 0.25) is 0 Å². The molecule has 4 rings (SSSR count). The van der Waals surface area contributed by atoms with Crippen LogP contribution in [0.4, 0.5) is 10.1 Å². The molecule has 4 atom stereocenters. The van der Waals surface area contributed by atoms with Gasteiger partial charge < -0.3 is 10.2 Å². The van der Waals surface area contributed by atoms with Crippen molar-refractivity contribution in [1.29, 1.82) is 0 Å². The van der Waals surface area contributed by atoms with Gasteiger partial charge in [0, 0.05) is 37.9 Å². The lowest BCUT2D eigenvalue weighted by Crippen LogP contribution is -2.51. The molecule has 3 aliphatic rings. The predicted molar refractivity (Wildman–Crippen MR) is 102 cm³/mol. The first kappa shape index (κ1) is 17.8. The number of benzene rings is 1. The van der Waals surface area contributed by atoms with Crippen LogP contribution in [-0.2, 0) is 4.79 Å². The van der Waals surface area contributed by atoms with Gasteiger partial charge in [0.2, 0.25) is 5.91 Å². The molecule has 0 spiro atoms. The topological polar surface area (TPSA) is 35.6 Å². The van der Waals surface area contributed by atoms with Crippen molar-refractivity contribution in [2.24, 2.45) is 17.8 Å². The van der Waals surface area contributed by atoms with Crippen molar-refractivity contribution in [3.05, 3.63) is 30.1 Å². The Morgan fingerprint density at radius 3 is 2.50 bits per heavy atom. The fraction of sp³-hybridized carbons (Fsp3) is 0.667. The smallest absolute Gasteiger partial charge is 0.234 e. The minimum absolute atomic E-state index is 0.163. The van der Waals surface area contributed by atoms with E-state index in [1.165, 1.54) is 37.8 Å². The molecule has 4 nitrogen and oxygen atoms in total. The Morgan fingerprint density at radius 2 is 1.88 bits per heavy atom. The molecular weight excluding hydrogens is 329 g/mol. The molecule has 1 amide bonds. The third-order valence-electron chi connectivity index (χ3n) is 6.75. The third kappa shape index (κ3) is 3.88. The van der Waals surface area contributed by atoms with Crippen LogP contribution in [0.5, 0.6) is 0 Å². The summed E-state index contributed by atoms with van der Waals surface area (Å²) in [4.78, 5) is 16.9. The number of nitrogens with one attached hydrogen (secondary N) is 1. The van der Waals surface area contributed by atoms with Gasteiger partial charge in [0.1, 0.15) is 5.82 Å². The van der Waals surface area contributed by atoms with Crippen LogP contribution in [0.25, 0.3) is 0 Å². The van der Waals surface area contributed by atoms with Gasteiger partial charge in [-0.2, -0.15) is 0 Å². The first-order chi connectivity index (χ1) is 12.6. The maximum Gasteiger partial charge on any atom is 0.234 e. The Labute approximate surface area is 155 Å². The van der Waals surface area contributed by atoms with Gasteiger partial charge in [-0.3, -0.25) is 9.69 Å². The Kier molecular flexibility index (Phi) is 5.16. The van der Waals surface area contributed by atoms with Crippen molar-refractivity contribution in [1.82, 2.24) is 10.2 Å². The molecule has 3 fully saturated rings. The molecule has 1 aromatic carbocycles. The van der Waals surface area contributed by atoms with Crippen molar-refractivity contribution < 1.29 is 9.18 Å². The minimum atomic E-state index is -0.200.